The van der Waals surface area contributed by atoms with E-state index in [0.717, 1.165) is 4.88 Å². The third-order valence-corrected chi connectivity index (χ3v) is 7.34. The first-order valence-corrected chi connectivity index (χ1v) is 11.0. The smallest absolute Gasteiger partial charge is 0.254 e. The molecule has 0 aliphatic heterocycles. The Hall–Kier alpha value is -1.67. The molecule has 5 nitrogen and oxygen atoms in total. The van der Waals surface area contributed by atoms with Gasteiger partial charge in [0, 0.05) is 30.1 Å². The molecule has 0 fully saturated rings. The lowest BCUT2D eigenvalue weighted by Crippen LogP contribution is -2.33. The minimum absolute atomic E-state index is 0.0993. The zero-order chi connectivity index (χ0) is 20.2. The summed E-state index contributed by atoms with van der Waals surface area (Å²) < 4.78 is 27.4. The normalized spacial score (nSPS) is 11.8. The molecule has 1 heterocycles. The Morgan fingerprint density at radius 3 is 2.56 bits per heavy atom. The molecule has 27 heavy (non-hydrogen) atoms. The van der Waals surface area contributed by atoms with Crippen LogP contribution in [0.3, 0.4) is 0 Å². The molecule has 0 N–H and O–H groups in total. The van der Waals surface area contributed by atoms with Crippen LogP contribution in [0.15, 0.2) is 53.9 Å². The summed E-state index contributed by atoms with van der Waals surface area (Å²) in [6.45, 7) is 8.02. The molecule has 0 saturated heterocycles. The Morgan fingerprint density at radius 2 is 2.00 bits per heavy atom. The predicted molar refractivity (Wildman–Crippen MR) is 111 cm³/mol. The van der Waals surface area contributed by atoms with Crippen molar-refractivity contribution in [1.82, 2.24) is 9.21 Å². The number of nitrogens with zero attached hydrogens (tertiary/aromatic N) is 2. The highest BCUT2D eigenvalue weighted by Crippen LogP contribution is 2.24. The van der Waals surface area contributed by atoms with Gasteiger partial charge in [-0.1, -0.05) is 23.7 Å². The second kappa shape index (κ2) is 9.01. The van der Waals surface area contributed by atoms with Crippen LogP contribution in [0.1, 0.15) is 29.1 Å². The van der Waals surface area contributed by atoms with Crippen molar-refractivity contribution < 1.29 is 13.2 Å². The summed E-state index contributed by atoms with van der Waals surface area (Å²) in [6, 6.07) is 9.60. The minimum atomic E-state index is -3.66. The van der Waals surface area contributed by atoms with Gasteiger partial charge in [-0.15, -0.1) is 17.9 Å². The van der Waals surface area contributed by atoms with Crippen molar-refractivity contribution in [2.24, 2.45) is 0 Å². The van der Waals surface area contributed by atoms with E-state index in [1.807, 2.05) is 6.07 Å². The quantitative estimate of drug-likeness (QED) is 0.592. The number of hydrogen-bond donors (Lipinski definition) is 0. The van der Waals surface area contributed by atoms with Crippen LogP contribution in [0.25, 0.3) is 0 Å². The summed E-state index contributed by atoms with van der Waals surface area (Å²) in [5.41, 5.74) is 0.317. The molecule has 0 aliphatic carbocycles. The molecule has 1 aromatic carbocycles. The molecule has 0 saturated carbocycles. The number of benzene rings is 1. The second-order valence-electron chi connectivity index (χ2n) is 6.32. The van der Waals surface area contributed by atoms with E-state index in [1.54, 1.807) is 43.0 Å². The lowest BCUT2D eigenvalue weighted by atomic mass is 10.2. The van der Waals surface area contributed by atoms with Gasteiger partial charge in [-0.25, -0.2) is 8.42 Å². The van der Waals surface area contributed by atoms with Gasteiger partial charge in [-0.05, 0) is 44.2 Å². The number of carbonyl (C=O) groups is 1. The highest BCUT2D eigenvalue weighted by molar-refractivity contribution is 7.89. The number of amides is 1. The lowest BCUT2D eigenvalue weighted by Gasteiger charge is -2.23. The molecule has 0 radical (unpaired) electrons. The first kappa shape index (κ1) is 21.6. The van der Waals surface area contributed by atoms with Crippen LogP contribution in [0, 0.1) is 0 Å². The average Bonchev–Trinajstić information content (AvgIpc) is 3.05. The molecule has 0 aliphatic rings. The monoisotopic (exact) mass is 426 g/mol. The highest BCUT2D eigenvalue weighted by Gasteiger charge is 2.25. The minimum Gasteiger partial charge on any atom is -0.330 e. The van der Waals surface area contributed by atoms with Crippen molar-refractivity contribution in [3.8, 4) is 0 Å². The number of carbonyl (C=O) groups excluding carboxylic acids is 1. The first-order valence-electron chi connectivity index (χ1n) is 8.39. The van der Waals surface area contributed by atoms with E-state index in [1.165, 1.54) is 34.8 Å². The third-order valence-electron chi connectivity index (χ3n) is 4.10. The Kier molecular flexibility index (Phi) is 7.22. The summed E-state index contributed by atoms with van der Waals surface area (Å²) >= 11 is 7.37. The fourth-order valence-corrected chi connectivity index (χ4v) is 4.93. The predicted octanol–water partition coefficient (Wildman–Crippen LogP) is 4.26. The topological polar surface area (TPSA) is 57.7 Å². The maximum absolute atomic E-state index is 13.0. The number of thiophene rings is 1. The molecule has 2 aromatic rings. The van der Waals surface area contributed by atoms with Crippen LogP contribution >= 0.6 is 22.9 Å². The summed E-state index contributed by atoms with van der Waals surface area (Å²) in [7, 11) is -2.13. The highest BCUT2D eigenvalue weighted by atomic mass is 35.5. The summed E-state index contributed by atoms with van der Waals surface area (Å²) in [5.74, 6) is -0.260. The van der Waals surface area contributed by atoms with Crippen molar-refractivity contribution in [3.05, 3.63) is 63.8 Å². The summed E-state index contributed by atoms with van der Waals surface area (Å²) in [6.07, 6.45) is 1.64. The summed E-state index contributed by atoms with van der Waals surface area (Å²) in [4.78, 5) is 15.6. The molecule has 0 spiro atoms. The Bertz CT molecular complexity index is 923. The van der Waals surface area contributed by atoms with E-state index in [0.29, 0.717) is 23.0 Å². The molecule has 0 atom stereocenters. The molecule has 0 unspecified atom stereocenters. The van der Waals surface area contributed by atoms with Crippen LogP contribution in [-0.4, -0.2) is 43.2 Å². The van der Waals surface area contributed by atoms with Gasteiger partial charge < -0.3 is 4.90 Å². The first-order chi connectivity index (χ1) is 12.7. The maximum Gasteiger partial charge on any atom is 0.254 e. The Balaban J connectivity index is 2.32. The van der Waals surface area contributed by atoms with Crippen molar-refractivity contribution in [3.63, 3.8) is 0 Å². The Labute approximate surface area is 169 Å². The van der Waals surface area contributed by atoms with E-state index in [-0.39, 0.29) is 16.8 Å². The van der Waals surface area contributed by atoms with Crippen LogP contribution < -0.4 is 0 Å². The van der Waals surface area contributed by atoms with Gasteiger partial charge >= 0.3 is 0 Å². The fraction of sp³-hybridized carbons (Fsp3) is 0.316. The zero-order valence-electron chi connectivity index (χ0n) is 15.6. The van der Waals surface area contributed by atoms with E-state index in [4.69, 9.17) is 11.6 Å². The van der Waals surface area contributed by atoms with Gasteiger partial charge in [0.05, 0.1) is 15.8 Å². The van der Waals surface area contributed by atoms with E-state index < -0.39 is 10.0 Å². The van der Waals surface area contributed by atoms with Crippen molar-refractivity contribution >= 4 is 38.9 Å². The van der Waals surface area contributed by atoms with E-state index in [9.17, 15) is 13.2 Å². The standard InChI is InChI=1S/C19H23ClN2O3S2/c1-5-11-22(13-16-9-10-18(20)26-16)19(23)15-7-6-8-17(12-15)27(24,25)21(4)14(2)3/h5-10,12,14H,1,11,13H2,2-4H3. The van der Waals surface area contributed by atoms with Gasteiger partial charge in [-0.3, -0.25) is 4.79 Å². The lowest BCUT2D eigenvalue weighted by molar-refractivity contribution is 0.0764. The molecule has 146 valence electrons. The van der Waals surface area contributed by atoms with Gasteiger partial charge in [0.2, 0.25) is 10.0 Å². The third kappa shape index (κ3) is 5.19. The maximum atomic E-state index is 13.0. The fourth-order valence-electron chi connectivity index (χ4n) is 2.42. The number of halogens is 1. The molecule has 2 rings (SSSR count). The van der Waals surface area contributed by atoms with E-state index in [2.05, 4.69) is 6.58 Å². The number of sulfonamides is 1. The molecule has 0 bridgehead atoms. The van der Waals surface area contributed by atoms with Gasteiger partial charge in [0.1, 0.15) is 0 Å². The van der Waals surface area contributed by atoms with E-state index >= 15 is 0 Å². The summed E-state index contributed by atoms with van der Waals surface area (Å²) in [5, 5.41) is 0. The van der Waals surface area contributed by atoms with Gasteiger partial charge in [0.25, 0.3) is 5.91 Å². The Morgan fingerprint density at radius 1 is 1.30 bits per heavy atom. The number of hydrogen-bond acceptors (Lipinski definition) is 4. The molecular formula is C19H23ClN2O3S2. The van der Waals surface area contributed by atoms with Crippen LogP contribution in [0.2, 0.25) is 4.34 Å². The van der Waals surface area contributed by atoms with Crippen LogP contribution in [0.5, 0.6) is 0 Å². The number of rotatable bonds is 8. The van der Waals surface area contributed by atoms with Gasteiger partial charge in [0.15, 0.2) is 0 Å². The molecule has 1 amide bonds. The largest absolute Gasteiger partial charge is 0.330 e. The SMILES string of the molecule is C=CCN(Cc1ccc(Cl)s1)C(=O)c1cccc(S(=O)(=O)N(C)C(C)C)c1. The average molecular weight is 427 g/mol. The van der Waals surface area contributed by atoms with Gasteiger partial charge in [-0.2, -0.15) is 4.31 Å². The molecular weight excluding hydrogens is 404 g/mol. The second-order valence-corrected chi connectivity index (χ2v) is 10.1. The molecule has 1 aromatic heterocycles. The zero-order valence-corrected chi connectivity index (χ0v) is 17.9. The molecule has 8 heteroatoms. The van der Waals surface area contributed by atoms with Crippen molar-refractivity contribution in [2.75, 3.05) is 13.6 Å². The van der Waals surface area contributed by atoms with Crippen molar-refractivity contribution in [2.45, 2.75) is 31.3 Å². The van der Waals surface area contributed by atoms with Crippen molar-refractivity contribution in [1.29, 1.82) is 0 Å². The van der Waals surface area contributed by atoms with Crippen LogP contribution in [0.4, 0.5) is 0 Å². The van der Waals surface area contributed by atoms with Crippen LogP contribution in [-0.2, 0) is 16.6 Å².